The van der Waals surface area contributed by atoms with Gasteiger partial charge in [-0.1, -0.05) is 18.2 Å². The lowest BCUT2D eigenvalue weighted by Gasteiger charge is -2.26. The number of anilines is 1. The van der Waals surface area contributed by atoms with E-state index in [0.29, 0.717) is 41.9 Å². The van der Waals surface area contributed by atoms with Gasteiger partial charge in [0.05, 0.1) is 6.26 Å². The first-order valence-electron chi connectivity index (χ1n) is 11.5. The zero-order valence-electron chi connectivity index (χ0n) is 19.2. The molecule has 35 heavy (non-hydrogen) atoms. The maximum Gasteiger partial charge on any atom is 0.343 e. The fraction of sp³-hybridized carbons (Fsp3) is 0.292. The number of furan rings is 1. The molecule has 2 aliphatic heterocycles. The monoisotopic (exact) mass is 476 g/mol. The number of hydrogen-bond donors (Lipinski definition) is 2. The summed E-state index contributed by atoms with van der Waals surface area (Å²) in [7, 11) is 0. The maximum atomic E-state index is 13.2. The van der Waals surface area contributed by atoms with Crippen LogP contribution in [0, 0.1) is 5.82 Å². The van der Waals surface area contributed by atoms with Crippen LogP contribution < -0.4 is 16.5 Å². The summed E-state index contributed by atoms with van der Waals surface area (Å²) >= 11 is 0. The van der Waals surface area contributed by atoms with E-state index in [2.05, 4.69) is 21.1 Å². The van der Waals surface area contributed by atoms with Crippen LogP contribution >= 0.6 is 0 Å². The van der Waals surface area contributed by atoms with Crippen LogP contribution in [0.1, 0.15) is 30.4 Å². The number of aromatic amines is 1. The highest BCUT2D eigenvalue weighted by atomic mass is 19.1. The average Bonchev–Trinajstić information content (AvgIpc) is 3.58. The number of aliphatic imine (C=N–C) groups is 1. The van der Waals surface area contributed by atoms with E-state index in [1.54, 1.807) is 21.4 Å². The number of aromatic nitrogens is 4. The lowest BCUT2D eigenvalue weighted by atomic mass is 9.99. The summed E-state index contributed by atoms with van der Waals surface area (Å²) < 4.78 is 22.1. The molecule has 1 atom stereocenters. The van der Waals surface area contributed by atoms with Crippen molar-refractivity contribution in [2.45, 2.75) is 26.1 Å². The molecule has 0 fully saturated rings. The smallest absolute Gasteiger partial charge is 0.343 e. The number of imidazole rings is 1. The van der Waals surface area contributed by atoms with Gasteiger partial charge in [0.1, 0.15) is 23.4 Å². The van der Waals surface area contributed by atoms with Gasteiger partial charge in [0.25, 0.3) is 0 Å². The highest BCUT2D eigenvalue weighted by molar-refractivity contribution is 6.14. The van der Waals surface area contributed by atoms with Gasteiger partial charge >= 0.3 is 5.69 Å². The van der Waals surface area contributed by atoms with Crippen molar-refractivity contribution in [3.63, 3.8) is 0 Å². The van der Waals surface area contributed by atoms with Gasteiger partial charge in [0.2, 0.25) is 5.78 Å². The van der Waals surface area contributed by atoms with Crippen LogP contribution in [0.4, 0.5) is 10.2 Å². The van der Waals surface area contributed by atoms with Gasteiger partial charge in [-0.15, -0.1) is 0 Å². The number of H-pyrrole nitrogens is 1. The first-order chi connectivity index (χ1) is 17.0. The third-order valence-corrected chi connectivity index (χ3v) is 6.63. The summed E-state index contributed by atoms with van der Waals surface area (Å²) in [6, 6.07) is 10.2. The molecular weight excluding hydrogens is 451 g/mol. The molecule has 3 N–H and O–H groups in total. The fourth-order valence-electron chi connectivity index (χ4n) is 4.69. The molecule has 6 rings (SSSR count). The lowest BCUT2D eigenvalue weighted by molar-refractivity contribution is 0.288. The van der Waals surface area contributed by atoms with E-state index in [1.807, 2.05) is 25.1 Å². The Balaban J connectivity index is 1.25. The van der Waals surface area contributed by atoms with E-state index in [0.717, 1.165) is 25.1 Å². The number of nitrogens with two attached hydrogens (primary N) is 1. The highest BCUT2D eigenvalue weighted by Gasteiger charge is 2.32. The Morgan fingerprint density at radius 2 is 2.06 bits per heavy atom. The number of nitrogens with zero attached hydrogens (tertiary/aromatic N) is 6. The van der Waals surface area contributed by atoms with E-state index in [9.17, 15) is 9.18 Å². The molecule has 2 aliphatic rings. The van der Waals surface area contributed by atoms with Crippen molar-refractivity contribution in [3.8, 4) is 0 Å². The third-order valence-electron chi connectivity index (χ3n) is 6.63. The molecule has 3 aromatic heterocycles. The van der Waals surface area contributed by atoms with E-state index in [-0.39, 0.29) is 17.7 Å². The molecule has 180 valence electrons. The van der Waals surface area contributed by atoms with Crippen molar-refractivity contribution in [1.29, 1.82) is 0 Å². The summed E-state index contributed by atoms with van der Waals surface area (Å²) in [5.74, 6) is 7.62. The first-order valence-corrected chi connectivity index (χ1v) is 11.5. The molecule has 0 saturated carbocycles. The van der Waals surface area contributed by atoms with Crippen LogP contribution in [0.5, 0.6) is 0 Å². The van der Waals surface area contributed by atoms with Gasteiger partial charge in [-0.05, 0) is 48.7 Å². The van der Waals surface area contributed by atoms with Crippen molar-refractivity contribution < 1.29 is 8.81 Å². The molecule has 0 radical (unpaired) electrons. The Kier molecular flexibility index (Phi) is 5.15. The molecule has 5 heterocycles. The van der Waals surface area contributed by atoms with Crippen molar-refractivity contribution >= 4 is 22.9 Å². The minimum Gasteiger partial charge on any atom is -0.463 e. The molecule has 11 heteroatoms. The molecule has 0 saturated heterocycles. The molecule has 4 aromatic rings. The molecule has 0 spiro atoms. The molecule has 0 bridgehead atoms. The van der Waals surface area contributed by atoms with Crippen LogP contribution in [-0.4, -0.2) is 55.6 Å². The second-order valence-electron chi connectivity index (χ2n) is 8.77. The Morgan fingerprint density at radius 1 is 1.23 bits per heavy atom. The topological polar surface area (TPSA) is 113 Å². The quantitative estimate of drug-likeness (QED) is 0.427. The van der Waals surface area contributed by atoms with Gasteiger partial charge in [-0.3, -0.25) is 19.5 Å². The largest absolute Gasteiger partial charge is 0.463 e. The zero-order valence-corrected chi connectivity index (χ0v) is 19.2. The molecule has 0 aliphatic carbocycles. The van der Waals surface area contributed by atoms with E-state index in [1.165, 1.54) is 22.7 Å². The van der Waals surface area contributed by atoms with Crippen molar-refractivity contribution in [2.75, 3.05) is 24.6 Å². The second-order valence-corrected chi connectivity index (χ2v) is 8.77. The molecular formula is C24H25FN8O2. The third kappa shape index (κ3) is 3.69. The molecule has 10 nitrogen and oxygen atoms in total. The average molecular weight is 477 g/mol. The Morgan fingerprint density at radius 3 is 2.77 bits per heavy atom. The van der Waals surface area contributed by atoms with Gasteiger partial charge in [-0.25, -0.2) is 24.6 Å². The summed E-state index contributed by atoms with van der Waals surface area (Å²) in [5, 5.41) is 4.37. The first kappa shape index (κ1) is 21.6. The van der Waals surface area contributed by atoms with Crippen molar-refractivity contribution in [3.05, 3.63) is 82.1 Å². The molecule has 1 unspecified atom stereocenters. The predicted octanol–water partition coefficient (Wildman–Crippen LogP) is 2.22. The minimum atomic E-state index is -0.335. The maximum absolute atomic E-state index is 13.2. The number of nitrogens with one attached hydrogen (secondary N) is 1. The zero-order chi connectivity index (χ0) is 24.1. The number of hydrogen-bond acceptors (Lipinski definition) is 7. The number of halogens is 1. The summed E-state index contributed by atoms with van der Waals surface area (Å²) in [4.78, 5) is 24.5. The van der Waals surface area contributed by atoms with Crippen LogP contribution in [-0.2, 0) is 6.54 Å². The second kappa shape index (κ2) is 8.36. The normalized spacial score (nSPS) is 18.6. The number of rotatable bonds is 5. The SMILES string of the molecule is CC1N=C(c2ccco2)c2c(nc3n(CCN4CC=C(c5ccc(F)cc5)CC4)c(=O)[nH]n23)N1N. The van der Waals surface area contributed by atoms with Gasteiger partial charge in [0, 0.05) is 26.2 Å². The van der Waals surface area contributed by atoms with Crippen LogP contribution in [0.15, 0.2) is 62.9 Å². The summed E-state index contributed by atoms with van der Waals surface area (Å²) in [6.07, 6.45) is 4.28. The predicted molar refractivity (Wildman–Crippen MR) is 130 cm³/mol. The Bertz CT molecular complexity index is 1490. The standard InChI is InChI=1S/C24H25FN8O2/c1-15-27-20(19-3-2-14-35-19)21-22(32(15)26)28-23-31(24(34)29-33(21)23)13-12-30-10-8-17(9-11-30)16-4-6-18(25)7-5-16/h2-8,14-15H,9-13,26H2,1H3,(H,29,34). The van der Waals surface area contributed by atoms with E-state index in [4.69, 9.17) is 15.2 Å². The summed E-state index contributed by atoms with van der Waals surface area (Å²) in [6.45, 7) is 4.63. The van der Waals surface area contributed by atoms with Crippen molar-refractivity contribution in [2.24, 2.45) is 10.8 Å². The fourth-order valence-corrected chi connectivity index (χ4v) is 4.69. The van der Waals surface area contributed by atoms with Gasteiger partial charge in [-0.2, -0.15) is 4.98 Å². The van der Waals surface area contributed by atoms with Crippen LogP contribution in [0.3, 0.4) is 0 Å². The van der Waals surface area contributed by atoms with Crippen LogP contribution in [0.25, 0.3) is 11.4 Å². The number of fused-ring (bicyclic) bond motifs is 3. The number of benzene rings is 1. The van der Waals surface area contributed by atoms with Crippen molar-refractivity contribution in [1.82, 2.24) is 24.1 Å². The minimum absolute atomic E-state index is 0.231. The molecule has 0 amide bonds. The lowest BCUT2D eigenvalue weighted by Crippen LogP contribution is -2.43. The molecule has 1 aromatic carbocycles. The van der Waals surface area contributed by atoms with Gasteiger partial charge < -0.3 is 4.42 Å². The Labute approximate surface area is 199 Å². The highest BCUT2D eigenvalue weighted by Crippen LogP contribution is 2.29. The summed E-state index contributed by atoms with van der Waals surface area (Å²) in [5.41, 5.74) is 3.19. The Hall–Kier alpha value is -3.96. The van der Waals surface area contributed by atoms with Crippen LogP contribution in [0.2, 0.25) is 0 Å². The van der Waals surface area contributed by atoms with E-state index < -0.39 is 0 Å². The van der Waals surface area contributed by atoms with Gasteiger partial charge in [0.15, 0.2) is 11.6 Å². The number of hydrazine groups is 1. The van der Waals surface area contributed by atoms with E-state index >= 15 is 0 Å².